The van der Waals surface area contributed by atoms with Crippen molar-refractivity contribution in [3.05, 3.63) is 12.7 Å². The molecule has 2 aliphatic rings. The van der Waals surface area contributed by atoms with Crippen LogP contribution in [0.1, 0.15) is 19.8 Å². The van der Waals surface area contributed by atoms with Gasteiger partial charge >= 0.3 is 6.03 Å². The van der Waals surface area contributed by atoms with Gasteiger partial charge in [-0.3, -0.25) is 0 Å². The number of urea groups is 1. The normalized spacial score (nSPS) is 29.4. The predicted molar refractivity (Wildman–Crippen MR) is 79.3 cm³/mol. The van der Waals surface area contributed by atoms with Gasteiger partial charge in [0.15, 0.2) is 0 Å². The van der Waals surface area contributed by atoms with Crippen LogP contribution in [-0.2, 0) is 14.2 Å². The van der Waals surface area contributed by atoms with E-state index in [1.54, 1.807) is 6.08 Å². The Bertz CT molecular complexity index is 356. The molecule has 1 spiro atoms. The highest BCUT2D eigenvalue weighted by atomic mass is 16.6. The molecule has 2 fully saturated rings. The molecule has 2 rings (SSSR count). The SMILES string of the molecule is C=CCOCCNC(=O)N1C[C@H](C)O[C@]2(CCCOC2)C1. The number of hydrogen-bond donors (Lipinski definition) is 1. The van der Waals surface area contributed by atoms with E-state index >= 15 is 0 Å². The van der Waals surface area contributed by atoms with Crippen molar-refractivity contribution in [1.29, 1.82) is 0 Å². The summed E-state index contributed by atoms with van der Waals surface area (Å²) in [5.74, 6) is 0. The first-order chi connectivity index (χ1) is 10.2. The molecule has 0 saturated carbocycles. The van der Waals surface area contributed by atoms with Crippen LogP contribution in [0.15, 0.2) is 12.7 Å². The Labute approximate surface area is 126 Å². The zero-order valence-electron chi connectivity index (χ0n) is 12.8. The molecule has 0 aliphatic carbocycles. The van der Waals surface area contributed by atoms with E-state index in [1.807, 2.05) is 11.8 Å². The van der Waals surface area contributed by atoms with E-state index in [0.29, 0.717) is 39.5 Å². The molecule has 0 aromatic rings. The molecule has 2 aliphatic heterocycles. The van der Waals surface area contributed by atoms with Crippen molar-refractivity contribution in [2.24, 2.45) is 0 Å². The number of ether oxygens (including phenoxy) is 3. The molecule has 2 atom stereocenters. The monoisotopic (exact) mass is 298 g/mol. The number of nitrogens with zero attached hydrogens (tertiary/aromatic N) is 1. The van der Waals surface area contributed by atoms with Gasteiger partial charge < -0.3 is 24.4 Å². The molecular formula is C15H26N2O4. The average Bonchev–Trinajstić information content (AvgIpc) is 2.46. The third-order valence-corrected chi connectivity index (χ3v) is 3.74. The predicted octanol–water partition coefficient (Wildman–Crippen LogP) is 1.17. The van der Waals surface area contributed by atoms with Crippen molar-refractivity contribution in [2.45, 2.75) is 31.5 Å². The zero-order chi connectivity index (χ0) is 15.1. The summed E-state index contributed by atoms with van der Waals surface area (Å²) >= 11 is 0. The minimum atomic E-state index is -0.327. The fourth-order valence-electron chi connectivity index (χ4n) is 2.93. The molecule has 0 aromatic carbocycles. The standard InChI is InChI=1S/C15H26N2O4/c1-3-7-19-9-6-16-14(18)17-10-13(2)21-15(11-17)5-4-8-20-12-15/h3,13H,1,4-12H2,2H3,(H,16,18)/t13-,15+/m0/s1. The molecule has 0 bridgehead atoms. The molecule has 6 nitrogen and oxygen atoms in total. The highest BCUT2D eigenvalue weighted by Crippen LogP contribution is 2.29. The lowest BCUT2D eigenvalue weighted by molar-refractivity contribution is -0.188. The summed E-state index contributed by atoms with van der Waals surface area (Å²) in [6, 6.07) is -0.0581. The van der Waals surface area contributed by atoms with Crippen LogP contribution >= 0.6 is 0 Å². The highest BCUT2D eigenvalue weighted by molar-refractivity contribution is 5.74. The Hall–Kier alpha value is -1.11. The van der Waals surface area contributed by atoms with Crippen LogP contribution in [0.2, 0.25) is 0 Å². The molecule has 2 amide bonds. The van der Waals surface area contributed by atoms with Crippen LogP contribution < -0.4 is 5.32 Å². The molecule has 6 heteroatoms. The molecule has 0 radical (unpaired) electrons. The molecular weight excluding hydrogens is 272 g/mol. The van der Waals surface area contributed by atoms with E-state index in [1.165, 1.54) is 0 Å². The fraction of sp³-hybridized carbons (Fsp3) is 0.800. The van der Waals surface area contributed by atoms with Crippen molar-refractivity contribution in [1.82, 2.24) is 10.2 Å². The van der Waals surface area contributed by atoms with Crippen LogP contribution in [0, 0.1) is 0 Å². The lowest BCUT2D eigenvalue weighted by Crippen LogP contribution is -2.61. The summed E-state index contributed by atoms with van der Waals surface area (Å²) in [7, 11) is 0. The Kier molecular flexibility index (Phi) is 6.02. The number of carbonyl (C=O) groups is 1. The van der Waals surface area contributed by atoms with Gasteiger partial charge in [0, 0.05) is 19.7 Å². The quantitative estimate of drug-likeness (QED) is 0.611. The summed E-state index contributed by atoms with van der Waals surface area (Å²) < 4.78 is 16.9. The van der Waals surface area contributed by atoms with Gasteiger partial charge in [0.1, 0.15) is 5.60 Å². The molecule has 120 valence electrons. The number of amides is 2. The summed E-state index contributed by atoms with van der Waals surface area (Å²) in [6.45, 7) is 9.64. The Balaban J connectivity index is 1.80. The maximum atomic E-state index is 12.2. The van der Waals surface area contributed by atoms with Crippen LogP contribution in [0.25, 0.3) is 0 Å². The molecule has 0 unspecified atom stereocenters. The smallest absolute Gasteiger partial charge is 0.317 e. The van der Waals surface area contributed by atoms with E-state index in [0.717, 1.165) is 19.4 Å². The van der Waals surface area contributed by atoms with E-state index < -0.39 is 0 Å². The third-order valence-electron chi connectivity index (χ3n) is 3.74. The Morgan fingerprint density at radius 1 is 1.62 bits per heavy atom. The van der Waals surface area contributed by atoms with Gasteiger partial charge in [0.05, 0.1) is 32.5 Å². The number of morpholine rings is 1. The Morgan fingerprint density at radius 3 is 3.19 bits per heavy atom. The first kappa shape index (κ1) is 16.3. The minimum absolute atomic E-state index is 0.0308. The van der Waals surface area contributed by atoms with E-state index in [-0.39, 0.29) is 17.7 Å². The molecule has 0 aromatic heterocycles. The number of nitrogens with one attached hydrogen (secondary N) is 1. The molecule has 21 heavy (non-hydrogen) atoms. The first-order valence-electron chi connectivity index (χ1n) is 7.62. The Morgan fingerprint density at radius 2 is 2.48 bits per heavy atom. The van der Waals surface area contributed by atoms with Crippen LogP contribution in [0.5, 0.6) is 0 Å². The van der Waals surface area contributed by atoms with Gasteiger partial charge in [0.2, 0.25) is 0 Å². The van der Waals surface area contributed by atoms with Gasteiger partial charge in [-0.25, -0.2) is 4.79 Å². The maximum Gasteiger partial charge on any atom is 0.317 e. The van der Waals surface area contributed by atoms with Gasteiger partial charge in [-0.2, -0.15) is 0 Å². The van der Waals surface area contributed by atoms with E-state index in [2.05, 4.69) is 11.9 Å². The summed E-state index contributed by atoms with van der Waals surface area (Å²) in [6.07, 6.45) is 3.66. The fourth-order valence-corrected chi connectivity index (χ4v) is 2.93. The van der Waals surface area contributed by atoms with Gasteiger partial charge in [-0.1, -0.05) is 6.08 Å². The van der Waals surface area contributed by atoms with Gasteiger partial charge in [-0.15, -0.1) is 6.58 Å². The topological polar surface area (TPSA) is 60.0 Å². The second kappa shape index (κ2) is 7.77. The van der Waals surface area contributed by atoms with Crippen molar-refractivity contribution in [3.8, 4) is 0 Å². The summed E-state index contributed by atoms with van der Waals surface area (Å²) in [4.78, 5) is 14.1. The number of carbonyl (C=O) groups excluding carboxylic acids is 1. The summed E-state index contributed by atoms with van der Waals surface area (Å²) in [5, 5.41) is 2.89. The lowest BCUT2D eigenvalue weighted by Gasteiger charge is -2.47. The van der Waals surface area contributed by atoms with Crippen LogP contribution in [0.3, 0.4) is 0 Å². The average molecular weight is 298 g/mol. The van der Waals surface area contributed by atoms with Crippen molar-refractivity contribution in [2.75, 3.05) is 46.1 Å². The second-order valence-electron chi connectivity index (χ2n) is 5.74. The van der Waals surface area contributed by atoms with Crippen molar-refractivity contribution in [3.63, 3.8) is 0 Å². The number of hydrogen-bond acceptors (Lipinski definition) is 4. The van der Waals surface area contributed by atoms with Crippen molar-refractivity contribution >= 4 is 6.03 Å². The lowest BCUT2D eigenvalue weighted by atomic mass is 9.93. The highest BCUT2D eigenvalue weighted by Gasteiger charge is 2.42. The number of rotatable bonds is 5. The maximum absolute atomic E-state index is 12.2. The van der Waals surface area contributed by atoms with Crippen LogP contribution in [0.4, 0.5) is 4.79 Å². The van der Waals surface area contributed by atoms with Crippen molar-refractivity contribution < 1.29 is 19.0 Å². The molecule has 2 heterocycles. The van der Waals surface area contributed by atoms with Gasteiger partial charge in [-0.05, 0) is 19.8 Å². The second-order valence-corrected chi connectivity index (χ2v) is 5.74. The molecule has 2 saturated heterocycles. The first-order valence-corrected chi connectivity index (χ1v) is 7.62. The van der Waals surface area contributed by atoms with E-state index in [9.17, 15) is 4.79 Å². The zero-order valence-corrected chi connectivity index (χ0v) is 12.8. The van der Waals surface area contributed by atoms with E-state index in [4.69, 9.17) is 14.2 Å². The third kappa shape index (κ3) is 4.69. The summed E-state index contributed by atoms with van der Waals surface area (Å²) in [5.41, 5.74) is -0.327. The minimum Gasteiger partial charge on any atom is -0.378 e. The molecule has 1 N–H and O–H groups in total. The van der Waals surface area contributed by atoms with Crippen LogP contribution in [-0.4, -0.2) is 68.7 Å². The largest absolute Gasteiger partial charge is 0.378 e. The van der Waals surface area contributed by atoms with Gasteiger partial charge in [0.25, 0.3) is 0 Å².